The molecule has 9 heteroatoms. The first-order valence-electron chi connectivity index (χ1n) is 9.67. The van der Waals surface area contributed by atoms with Crippen molar-refractivity contribution in [2.24, 2.45) is 0 Å². The lowest BCUT2D eigenvalue weighted by Gasteiger charge is -2.33. The van der Waals surface area contributed by atoms with Gasteiger partial charge in [-0.05, 0) is 38.8 Å². The van der Waals surface area contributed by atoms with Crippen molar-refractivity contribution in [3.05, 3.63) is 17.1 Å². The molecular formula is C18H27N5O3S. The molecular weight excluding hydrogens is 366 g/mol. The van der Waals surface area contributed by atoms with Crippen molar-refractivity contribution in [1.29, 1.82) is 0 Å². The van der Waals surface area contributed by atoms with Crippen molar-refractivity contribution < 1.29 is 12.8 Å². The summed E-state index contributed by atoms with van der Waals surface area (Å²) < 4.78 is 33.9. The van der Waals surface area contributed by atoms with Crippen molar-refractivity contribution in [3.63, 3.8) is 0 Å². The molecule has 1 N–H and O–H groups in total. The molecule has 2 aliphatic rings. The Labute approximate surface area is 160 Å². The minimum Gasteiger partial charge on any atom is -0.419 e. The van der Waals surface area contributed by atoms with Gasteiger partial charge in [0.2, 0.25) is 15.9 Å². The number of aromatic amines is 1. The number of aryl methyl sites for hydroxylation is 1. The normalized spacial score (nSPS) is 20.1. The van der Waals surface area contributed by atoms with Gasteiger partial charge in [-0.1, -0.05) is 13.3 Å². The number of aromatic nitrogens is 3. The number of H-pyrrole nitrogens is 1. The van der Waals surface area contributed by atoms with Crippen molar-refractivity contribution in [2.45, 2.75) is 50.8 Å². The van der Waals surface area contributed by atoms with Crippen LogP contribution in [-0.4, -0.2) is 65.5 Å². The minimum absolute atomic E-state index is 0.339. The van der Waals surface area contributed by atoms with Crippen LogP contribution in [0.4, 0.5) is 0 Å². The second kappa shape index (κ2) is 7.03. The molecule has 0 bridgehead atoms. The predicted molar refractivity (Wildman–Crippen MR) is 101 cm³/mol. The average molecular weight is 394 g/mol. The fraction of sp³-hybridized carbons (Fsp3) is 0.667. The van der Waals surface area contributed by atoms with Crippen LogP contribution >= 0.6 is 0 Å². The van der Waals surface area contributed by atoms with Crippen molar-refractivity contribution in [3.8, 4) is 11.6 Å². The average Bonchev–Trinajstić information content (AvgIpc) is 3.18. The molecule has 4 rings (SSSR count). The molecule has 8 nitrogen and oxygen atoms in total. The summed E-state index contributed by atoms with van der Waals surface area (Å²) in [6.07, 6.45) is 3.35. The van der Waals surface area contributed by atoms with Gasteiger partial charge in [0.1, 0.15) is 10.6 Å². The van der Waals surface area contributed by atoms with Crippen LogP contribution in [0.15, 0.2) is 9.31 Å². The summed E-state index contributed by atoms with van der Waals surface area (Å²) in [7, 11) is -3.56. The zero-order valence-corrected chi connectivity index (χ0v) is 17.0. The van der Waals surface area contributed by atoms with Crippen LogP contribution in [0.5, 0.6) is 0 Å². The van der Waals surface area contributed by atoms with E-state index in [1.54, 1.807) is 18.2 Å². The molecule has 3 heterocycles. The number of piperazine rings is 1. The van der Waals surface area contributed by atoms with E-state index in [0.717, 1.165) is 32.5 Å². The smallest absolute Gasteiger partial charge is 0.264 e. The third-order valence-corrected chi connectivity index (χ3v) is 8.03. The van der Waals surface area contributed by atoms with Crippen LogP contribution < -0.4 is 0 Å². The van der Waals surface area contributed by atoms with Gasteiger partial charge in [-0.2, -0.15) is 4.31 Å². The van der Waals surface area contributed by atoms with E-state index in [0.29, 0.717) is 52.6 Å². The first-order valence-corrected chi connectivity index (χ1v) is 11.1. The largest absolute Gasteiger partial charge is 0.419 e. The second-order valence-corrected chi connectivity index (χ2v) is 9.37. The maximum absolute atomic E-state index is 13.3. The molecule has 1 saturated heterocycles. The van der Waals surface area contributed by atoms with Crippen molar-refractivity contribution in [1.82, 2.24) is 24.4 Å². The molecule has 0 unspecified atom stereocenters. The van der Waals surface area contributed by atoms with Crippen LogP contribution in [0.2, 0.25) is 0 Å². The summed E-state index contributed by atoms with van der Waals surface area (Å²) >= 11 is 0. The van der Waals surface area contributed by atoms with Gasteiger partial charge in [0.25, 0.3) is 5.89 Å². The molecule has 0 spiro atoms. The maximum atomic E-state index is 13.3. The molecule has 2 aromatic heterocycles. The number of rotatable bonds is 5. The molecule has 27 heavy (non-hydrogen) atoms. The topological polar surface area (TPSA) is 95.3 Å². The van der Waals surface area contributed by atoms with Gasteiger partial charge in [0, 0.05) is 37.8 Å². The van der Waals surface area contributed by atoms with E-state index < -0.39 is 10.0 Å². The SMILES string of the molecule is CCN1CCN(S(=O)(=O)c2c(C)[nH]c(-c3nnc(C4CCC4)o3)c2C)CC1. The highest BCUT2D eigenvalue weighted by Gasteiger charge is 2.34. The van der Waals surface area contributed by atoms with Gasteiger partial charge >= 0.3 is 0 Å². The Morgan fingerprint density at radius 3 is 2.44 bits per heavy atom. The van der Waals surface area contributed by atoms with E-state index in [1.807, 2.05) is 0 Å². The van der Waals surface area contributed by atoms with Crippen LogP contribution in [0.1, 0.15) is 49.3 Å². The molecule has 0 radical (unpaired) electrons. The van der Waals surface area contributed by atoms with Gasteiger partial charge in [-0.3, -0.25) is 0 Å². The molecule has 2 aromatic rings. The Hall–Kier alpha value is -1.71. The Morgan fingerprint density at radius 2 is 1.85 bits per heavy atom. The number of likely N-dealkylation sites (N-methyl/N-ethyl adjacent to an activating group) is 1. The van der Waals surface area contributed by atoms with Gasteiger partial charge in [0.05, 0.1) is 0 Å². The number of nitrogens with one attached hydrogen (secondary N) is 1. The van der Waals surface area contributed by atoms with Crippen LogP contribution in [0, 0.1) is 13.8 Å². The highest BCUT2D eigenvalue weighted by molar-refractivity contribution is 7.89. The number of sulfonamides is 1. The van der Waals surface area contributed by atoms with Crippen LogP contribution in [0.3, 0.4) is 0 Å². The minimum atomic E-state index is -3.56. The van der Waals surface area contributed by atoms with Crippen molar-refractivity contribution >= 4 is 10.0 Å². The Morgan fingerprint density at radius 1 is 1.15 bits per heavy atom. The van der Waals surface area contributed by atoms with Crippen LogP contribution in [-0.2, 0) is 10.0 Å². The lowest BCUT2D eigenvalue weighted by Crippen LogP contribution is -2.48. The maximum Gasteiger partial charge on any atom is 0.264 e. The van der Waals surface area contributed by atoms with E-state index in [-0.39, 0.29) is 0 Å². The molecule has 2 fully saturated rings. The molecule has 1 saturated carbocycles. The van der Waals surface area contributed by atoms with E-state index >= 15 is 0 Å². The monoisotopic (exact) mass is 393 g/mol. The number of hydrogen-bond acceptors (Lipinski definition) is 6. The van der Waals surface area contributed by atoms with E-state index in [4.69, 9.17) is 4.42 Å². The number of nitrogens with zero attached hydrogens (tertiary/aromatic N) is 4. The fourth-order valence-corrected chi connectivity index (χ4v) is 5.73. The first-order chi connectivity index (χ1) is 12.9. The molecule has 0 atom stereocenters. The van der Waals surface area contributed by atoms with E-state index in [9.17, 15) is 8.42 Å². The number of hydrogen-bond donors (Lipinski definition) is 1. The summed E-state index contributed by atoms with van der Waals surface area (Å²) in [4.78, 5) is 5.77. The summed E-state index contributed by atoms with van der Waals surface area (Å²) in [5, 5.41) is 8.32. The molecule has 1 aliphatic heterocycles. The summed E-state index contributed by atoms with van der Waals surface area (Å²) in [6, 6.07) is 0. The highest BCUT2D eigenvalue weighted by Crippen LogP contribution is 2.38. The Kier molecular flexibility index (Phi) is 4.85. The predicted octanol–water partition coefficient (Wildman–Crippen LogP) is 2.28. The lowest BCUT2D eigenvalue weighted by atomic mass is 9.85. The molecule has 1 aliphatic carbocycles. The quantitative estimate of drug-likeness (QED) is 0.837. The summed E-state index contributed by atoms with van der Waals surface area (Å²) in [5.74, 6) is 1.37. The van der Waals surface area contributed by atoms with Gasteiger partial charge in [-0.25, -0.2) is 8.42 Å². The van der Waals surface area contributed by atoms with Gasteiger partial charge in [0.15, 0.2) is 0 Å². The van der Waals surface area contributed by atoms with Crippen LogP contribution in [0.25, 0.3) is 11.6 Å². The zero-order valence-electron chi connectivity index (χ0n) is 16.2. The molecule has 0 aromatic carbocycles. The third-order valence-electron chi connectivity index (χ3n) is 5.85. The summed E-state index contributed by atoms with van der Waals surface area (Å²) in [5.41, 5.74) is 1.87. The van der Waals surface area contributed by atoms with Gasteiger partial charge in [-0.15, -0.1) is 10.2 Å². The molecule has 148 valence electrons. The second-order valence-electron chi connectivity index (χ2n) is 7.49. The summed E-state index contributed by atoms with van der Waals surface area (Å²) in [6.45, 7) is 9.19. The Balaban J connectivity index is 1.63. The van der Waals surface area contributed by atoms with Crippen molar-refractivity contribution in [2.75, 3.05) is 32.7 Å². The van der Waals surface area contributed by atoms with E-state index in [1.165, 1.54) is 6.42 Å². The standard InChI is InChI=1S/C18H27N5O3S/c1-4-22-8-10-23(11-9-22)27(24,25)16-12(2)15(19-13(16)3)18-21-20-17(26-18)14-6-5-7-14/h14,19H,4-11H2,1-3H3. The fourth-order valence-electron chi connectivity index (χ4n) is 3.90. The Bertz CT molecular complexity index is 921. The third kappa shape index (κ3) is 3.21. The lowest BCUT2D eigenvalue weighted by molar-refractivity contribution is 0.196. The molecule has 0 amide bonds. The highest BCUT2D eigenvalue weighted by atomic mass is 32.2. The van der Waals surface area contributed by atoms with E-state index in [2.05, 4.69) is 27.0 Å². The first kappa shape index (κ1) is 18.6. The van der Waals surface area contributed by atoms with Gasteiger partial charge < -0.3 is 14.3 Å². The zero-order chi connectivity index (χ0) is 19.2.